The van der Waals surface area contributed by atoms with Gasteiger partial charge in [0.05, 0.1) is 29.8 Å². The third-order valence-electron chi connectivity index (χ3n) is 6.60. The van der Waals surface area contributed by atoms with Gasteiger partial charge in [-0.15, -0.1) is 11.8 Å². The predicted molar refractivity (Wildman–Crippen MR) is 114 cm³/mol. The summed E-state index contributed by atoms with van der Waals surface area (Å²) in [6.07, 6.45) is 10.7. The molecule has 2 saturated heterocycles. The van der Waals surface area contributed by atoms with Crippen molar-refractivity contribution < 1.29 is 24.2 Å². The van der Waals surface area contributed by atoms with Crippen molar-refractivity contribution in [1.82, 2.24) is 9.80 Å². The Morgan fingerprint density at radius 1 is 1.23 bits per heavy atom. The Morgan fingerprint density at radius 3 is 2.77 bits per heavy atom. The van der Waals surface area contributed by atoms with Gasteiger partial charge in [0.25, 0.3) is 0 Å². The molecule has 0 radical (unpaired) electrons. The molecule has 8 heteroatoms. The van der Waals surface area contributed by atoms with Gasteiger partial charge in [0.2, 0.25) is 11.8 Å². The number of hydrogen-bond acceptors (Lipinski definition) is 6. The number of carbonyl (C=O) groups excluding carboxylic acids is 3. The molecule has 0 aliphatic carbocycles. The smallest absolute Gasteiger partial charge is 0.311 e. The van der Waals surface area contributed by atoms with Gasteiger partial charge in [-0.1, -0.05) is 24.3 Å². The van der Waals surface area contributed by atoms with Crippen LogP contribution in [0.15, 0.2) is 24.3 Å². The number of rotatable bonds is 3. The van der Waals surface area contributed by atoms with Gasteiger partial charge >= 0.3 is 5.97 Å². The molecule has 2 amide bonds. The first-order valence-corrected chi connectivity index (χ1v) is 11.7. The summed E-state index contributed by atoms with van der Waals surface area (Å²) < 4.78 is 4.72. The largest absolute Gasteiger partial charge is 0.465 e. The summed E-state index contributed by atoms with van der Waals surface area (Å²) in [7, 11) is 0. The number of allylic oxidation sites excluding steroid dienone is 1. The quantitative estimate of drug-likeness (QED) is 0.533. The number of ether oxygens (including phenoxy) is 1. The molecule has 1 N–H and O–H groups in total. The zero-order valence-corrected chi connectivity index (χ0v) is 18.3. The van der Waals surface area contributed by atoms with Crippen molar-refractivity contribution in [3.63, 3.8) is 0 Å². The number of aliphatic hydroxyl groups is 1. The van der Waals surface area contributed by atoms with Crippen LogP contribution in [0.5, 0.6) is 0 Å². The molecule has 4 heterocycles. The lowest BCUT2D eigenvalue weighted by Crippen LogP contribution is -2.54. The Morgan fingerprint density at radius 2 is 2.03 bits per heavy atom. The first kappa shape index (κ1) is 21.4. The molecule has 7 nitrogen and oxygen atoms in total. The van der Waals surface area contributed by atoms with E-state index in [9.17, 15) is 19.5 Å². The average Bonchev–Trinajstić information content (AvgIpc) is 3.08. The van der Waals surface area contributed by atoms with E-state index in [0.717, 1.165) is 19.3 Å². The van der Waals surface area contributed by atoms with Gasteiger partial charge in [0.1, 0.15) is 6.04 Å². The fourth-order valence-corrected chi connectivity index (χ4v) is 7.25. The van der Waals surface area contributed by atoms with Gasteiger partial charge < -0.3 is 19.6 Å². The van der Waals surface area contributed by atoms with Crippen LogP contribution in [0.3, 0.4) is 0 Å². The normalized spacial score (nSPS) is 37.5. The minimum absolute atomic E-state index is 0.0144. The molecular formula is C22H30N2O5S. The minimum Gasteiger partial charge on any atom is -0.465 e. The average molecular weight is 435 g/mol. The molecule has 5 atom stereocenters. The second kappa shape index (κ2) is 8.38. The van der Waals surface area contributed by atoms with Gasteiger partial charge in [-0.25, -0.2) is 0 Å². The molecule has 4 rings (SSSR count). The van der Waals surface area contributed by atoms with Crippen molar-refractivity contribution in [2.75, 3.05) is 26.3 Å². The highest BCUT2D eigenvalue weighted by atomic mass is 32.2. The van der Waals surface area contributed by atoms with E-state index in [2.05, 4.69) is 6.08 Å². The highest BCUT2D eigenvalue weighted by Gasteiger charge is 2.70. The molecule has 4 aliphatic heterocycles. The minimum atomic E-state index is -0.834. The van der Waals surface area contributed by atoms with E-state index in [-0.39, 0.29) is 42.2 Å². The molecule has 1 unspecified atom stereocenters. The fourth-order valence-electron chi connectivity index (χ4n) is 5.25. The first-order chi connectivity index (χ1) is 14.4. The lowest BCUT2D eigenvalue weighted by Gasteiger charge is -2.36. The summed E-state index contributed by atoms with van der Waals surface area (Å²) in [6.45, 7) is 4.59. The summed E-state index contributed by atoms with van der Waals surface area (Å²) in [6, 6.07) is -0.744. The second-order valence-electron chi connectivity index (χ2n) is 8.68. The number of nitrogens with zero attached hydrogens (tertiary/aromatic N) is 2. The molecule has 164 valence electrons. The van der Waals surface area contributed by atoms with Crippen molar-refractivity contribution >= 4 is 29.5 Å². The van der Waals surface area contributed by atoms with E-state index in [1.165, 1.54) is 16.7 Å². The van der Waals surface area contributed by atoms with E-state index in [1.54, 1.807) is 4.90 Å². The van der Waals surface area contributed by atoms with Crippen molar-refractivity contribution in [1.29, 1.82) is 0 Å². The molecule has 4 aliphatic rings. The van der Waals surface area contributed by atoms with Gasteiger partial charge in [-0.2, -0.15) is 0 Å². The number of cyclic esters (lactones) is 1. The highest BCUT2D eigenvalue weighted by molar-refractivity contribution is 8.02. The number of aliphatic hydroxyl groups excluding tert-OH is 1. The van der Waals surface area contributed by atoms with Crippen LogP contribution in [0.1, 0.15) is 33.1 Å². The van der Waals surface area contributed by atoms with Crippen LogP contribution < -0.4 is 0 Å². The maximum Gasteiger partial charge on any atom is 0.311 e. The highest BCUT2D eigenvalue weighted by Crippen LogP contribution is 2.60. The van der Waals surface area contributed by atoms with Crippen LogP contribution in [-0.2, 0) is 19.1 Å². The van der Waals surface area contributed by atoms with Crippen molar-refractivity contribution in [2.24, 2.45) is 11.8 Å². The van der Waals surface area contributed by atoms with E-state index in [1.807, 2.05) is 32.1 Å². The molecule has 0 saturated carbocycles. The molecule has 0 aromatic carbocycles. The van der Waals surface area contributed by atoms with Crippen molar-refractivity contribution in [3.05, 3.63) is 24.3 Å². The molecule has 30 heavy (non-hydrogen) atoms. The summed E-state index contributed by atoms with van der Waals surface area (Å²) in [5, 5.41) is 9.40. The van der Waals surface area contributed by atoms with E-state index in [0.29, 0.717) is 13.2 Å². The van der Waals surface area contributed by atoms with Crippen molar-refractivity contribution in [2.45, 2.75) is 55.2 Å². The van der Waals surface area contributed by atoms with Gasteiger partial charge in [0, 0.05) is 24.4 Å². The number of amides is 2. The zero-order chi connectivity index (χ0) is 21.5. The third-order valence-corrected chi connectivity index (χ3v) is 8.34. The molecule has 0 aromatic rings. The van der Waals surface area contributed by atoms with E-state index in [4.69, 9.17) is 4.74 Å². The molecule has 0 bridgehead atoms. The van der Waals surface area contributed by atoms with Crippen LogP contribution in [0.4, 0.5) is 0 Å². The lowest BCUT2D eigenvalue weighted by atomic mass is 9.78. The number of esters is 1. The molecular weight excluding hydrogens is 404 g/mol. The maximum atomic E-state index is 13.6. The number of thioether (sulfide) groups is 1. The molecule has 0 aromatic heterocycles. The number of fused-ring (bicyclic) bond motifs is 2. The Kier molecular flexibility index (Phi) is 5.99. The van der Waals surface area contributed by atoms with Crippen LogP contribution >= 0.6 is 11.8 Å². The number of carbonyl (C=O) groups is 3. The van der Waals surface area contributed by atoms with E-state index >= 15 is 0 Å². The fraction of sp³-hybridized carbons (Fsp3) is 0.682. The maximum absolute atomic E-state index is 13.6. The summed E-state index contributed by atoms with van der Waals surface area (Å²) >= 11 is 1.54. The van der Waals surface area contributed by atoms with Gasteiger partial charge in [-0.05, 0) is 33.1 Å². The molecule has 2 fully saturated rings. The van der Waals surface area contributed by atoms with Crippen LogP contribution in [0, 0.1) is 11.8 Å². The number of likely N-dealkylation sites (tertiary alicyclic amines) is 1. The Hall–Kier alpha value is -1.80. The molecule has 1 spiro atoms. The number of hydrogen-bond donors (Lipinski definition) is 1. The van der Waals surface area contributed by atoms with Crippen LogP contribution in [0.2, 0.25) is 0 Å². The summed E-state index contributed by atoms with van der Waals surface area (Å²) in [5.41, 5.74) is 0. The topological polar surface area (TPSA) is 87.2 Å². The van der Waals surface area contributed by atoms with Crippen LogP contribution in [0.25, 0.3) is 0 Å². The second-order valence-corrected chi connectivity index (χ2v) is 10.2. The Bertz CT molecular complexity index is 781. The Balaban J connectivity index is 1.82. The summed E-state index contributed by atoms with van der Waals surface area (Å²) in [5.74, 6) is -2.02. The number of β-amino-alcohol motifs (C(OH)–C–C–N with tert-alkyl or cyclic N) is 1. The van der Waals surface area contributed by atoms with Gasteiger partial charge in [0.15, 0.2) is 0 Å². The lowest BCUT2D eigenvalue weighted by molar-refractivity contribution is -0.153. The SMILES string of the molecule is CC(C)N1CC=C[C@]23S[C@H]4/C=C\CCCCOC(=O)[C@H]4[C@H]2C(=O)N(CCO)C3C1=O. The monoisotopic (exact) mass is 434 g/mol. The first-order valence-electron chi connectivity index (χ1n) is 10.8. The summed E-state index contributed by atoms with van der Waals surface area (Å²) in [4.78, 5) is 43.6. The predicted octanol–water partition coefficient (Wildman–Crippen LogP) is 1.37. The Labute approximate surface area is 181 Å². The van der Waals surface area contributed by atoms with Crippen molar-refractivity contribution in [3.8, 4) is 0 Å². The van der Waals surface area contributed by atoms with E-state index < -0.39 is 22.6 Å². The standard InChI is InChI=1S/C22H30N2O5S/c1-14(2)23-10-7-9-22-17(19(26)24(11-12-25)18(22)20(23)27)16-15(30-22)8-5-3-4-6-13-29-21(16)28/h5,7-9,14-18,25H,3-4,6,10-13H2,1-2H3/b8-5-/t15-,16+,17-,18?,22-/m0/s1. The van der Waals surface area contributed by atoms with Gasteiger partial charge in [-0.3, -0.25) is 14.4 Å². The van der Waals surface area contributed by atoms with Crippen LogP contribution in [-0.4, -0.2) is 81.1 Å². The third kappa shape index (κ3) is 3.28. The zero-order valence-electron chi connectivity index (χ0n) is 17.5.